The number of hydrogen-bond acceptors (Lipinski definition) is 4. The number of carboxylic acid groups (broad SMARTS) is 1. The van der Waals surface area contributed by atoms with E-state index < -0.39 is 5.97 Å². The summed E-state index contributed by atoms with van der Waals surface area (Å²) in [7, 11) is 0. The molecule has 0 amide bonds. The molecule has 5 nitrogen and oxygen atoms in total. The minimum absolute atomic E-state index is 0.130. The fourth-order valence-electron chi connectivity index (χ4n) is 2.59. The van der Waals surface area contributed by atoms with Crippen LogP contribution in [0.25, 0.3) is 10.9 Å². The summed E-state index contributed by atoms with van der Waals surface area (Å²) in [6.07, 6.45) is 4.45. The van der Waals surface area contributed by atoms with Gasteiger partial charge in [-0.05, 0) is 31.4 Å². The molecule has 0 atom stereocenters. The molecule has 1 fully saturated rings. The number of aromatic nitrogens is 2. The summed E-state index contributed by atoms with van der Waals surface area (Å²) in [5, 5.41) is 13.3. The molecule has 0 aliphatic heterocycles. The average molecular weight is 257 g/mol. The molecule has 1 aliphatic carbocycles. The lowest BCUT2D eigenvalue weighted by Gasteiger charge is -2.42. The molecule has 0 spiro atoms. The van der Waals surface area contributed by atoms with Crippen LogP contribution >= 0.6 is 0 Å². The van der Waals surface area contributed by atoms with Crippen molar-refractivity contribution < 1.29 is 9.90 Å². The number of hydrogen-bond donors (Lipinski definition) is 2. The molecular formula is C14H15N3O2. The molecule has 1 aromatic heterocycles. The summed E-state index contributed by atoms with van der Waals surface area (Å²) in [5.41, 5.74) is 0.521. The molecule has 19 heavy (non-hydrogen) atoms. The Hall–Kier alpha value is -2.17. The van der Waals surface area contributed by atoms with Crippen molar-refractivity contribution in [3.8, 4) is 0 Å². The van der Waals surface area contributed by atoms with E-state index in [9.17, 15) is 4.79 Å². The summed E-state index contributed by atoms with van der Waals surface area (Å²) in [5.74, 6) is -0.0443. The molecule has 1 aliphatic rings. The van der Waals surface area contributed by atoms with Crippen LogP contribution in [-0.2, 0) is 4.79 Å². The van der Waals surface area contributed by atoms with Crippen LogP contribution in [0.15, 0.2) is 30.6 Å². The molecule has 1 heterocycles. The topological polar surface area (TPSA) is 75.1 Å². The quantitative estimate of drug-likeness (QED) is 0.879. The van der Waals surface area contributed by atoms with Crippen LogP contribution in [0.3, 0.4) is 0 Å². The van der Waals surface area contributed by atoms with Gasteiger partial charge in [-0.2, -0.15) is 0 Å². The lowest BCUT2D eigenvalue weighted by Crippen LogP contribution is -2.47. The number of rotatable bonds is 4. The molecule has 2 aromatic rings. The predicted molar refractivity (Wildman–Crippen MR) is 72.0 cm³/mol. The molecule has 0 unspecified atom stereocenters. The monoisotopic (exact) mass is 257 g/mol. The Morgan fingerprint density at radius 3 is 2.79 bits per heavy atom. The SMILES string of the molecule is O=C(O)CC1(Nc2ncnc3ccccc23)CCC1. The van der Waals surface area contributed by atoms with Crippen LogP contribution < -0.4 is 5.32 Å². The Morgan fingerprint density at radius 1 is 1.32 bits per heavy atom. The standard InChI is InChI=1S/C14H15N3O2/c18-12(19)8-14(6-3-7-14)17-13-10-4-1-2-5-11(10)15-9-16-13/h1-2,4-5,9H,3,6-8H2,(H,18,19)(H,15,16,17). The molecule has 1 saturated carbocycles. The largest absolute Gasteiger partial charge is 0.481 e. The predicted octanol–water partition coefficient (Wildman–Crippen LogP) is 2.44. The van der Waals surface area contributed by atoms with Gasteiger partial charge in [0.1, 0.15) is 12.1 Å². The molecule has 2 N–H and O–H groups in total. The fourth-order valence-corrected chi connectivity index (χ4v) is 2.59. The number of carboxylic acids is 1. The van der Waals surface area contributed by atoms with E-state index >= 15 is 0 Å². The maximum Gasteiger partial charge on any atom is 0.305 e. The smallest absolute Gasteiger partial charge is 0.305 e. The molecule has 0 saturated heterocycles. The van der Waals surface area contributed by atoms with E-state index in [1.807, 2.05) is 24.3 Å². The highest BCUT2D eigenvalue weighted by Crippen LogP contribution is 2.38. The van der Waals surface area contributed by atoms with Crippen molar-refractivity contribution in [1.82, 2.24) is 9.97 Å². The first-order valence-electron chi connectivity index (χ1n) is 6.38. The Kier molecular flexibility index (Phi) is 2.81. The van der Waals surface area contributed by atoms with Gasteiger partial charge in [0.2, 0.25) is 0 Å². The van der Waals surface area contributed by atoms with Gasteiger partial charge in [0.05, 0.1) is 11.9 Å². The van der Waals surface area contributed by atoms with Crippen molar-refractivity contribution in [3.05, 3.63) is 30.6 Å². The molecule has 1 aromatic carbocycles. The number of nitrogens with zero attached hydrogens (tertiary/aromatic N) is 2. The van der Waals surface area contributed by atoms with Crippen molar-refractivity contribution in [2.45, 2.75) is 31.2 Å². The van der Waals surface area contributed by atoms with Crippen molar-refractivity contribution in [1.29, 1.82) is 0 Å². The highest BCUT2D eigenvalue weighted by Gasteiger charge is 2.39. The van der Waals surface area contributed by atoms with E-state index in [0.717, 1.165) is 36.0 Å². The second-order valence-corrected chi connectivity index (χ2v) is 5.07. The zero-order valence-corrected chi connectivity index (χ0v) is 10.5. The van der Waals surface area contributed by atoms with Gasteiger partial charge in [-0.3, -0.25) is 4.79 Å². The van der Waals surface area contributed by atoms with Gasteiger partial charge in [-0.25, -0.2) is 9.97 Å². The Morgan fingerprint density at radius 2 is 2.11 bits per heavy atom. The zero-order valence-electron chi connectivity index (χ0n) is 10.5. The van der Waals surface area contributed by atoms with Crippen molar-refractivity contribution in [2.24, 2.45) is 0 Å². The highest BCUT2D eigenvalue weighted by atomic mass is 16.4. The number of fused-ring (bicyclic) bond motifs is 1. The third-order valence-electron chi connectivity index (χ3n) is 3.73. The molecule has 0 bridgehead atoms. The third kappa shape index (κ3) is 2.23. The lowest BCUT2D eigenvalue weighted by atomic mass is 9.74. The van der Waals surface area contributed by atoms with Gasteiger partial charge in [0.15, 0.2) is 0 Å². The molecular weight excluding hydrogens is 242 g/mol. The normalized spacial score (nSPS) is 16.8. The maximum absolute atomic E-state index is 11.0. The molecule has 0 radical (unpaired) electrons. The number of aliphatic carboxylic acids is 1. The first-order valence-corrected chi connectivity index (χ1v) is 6.38. The second kappa shape index (κ2) is 4.50. The Bertz CT molecular complexity index is 618. The van der Waals surface area contributed by atoms with Crippen LogP contribution in [0, 0.1) is 0 Å². The summed E-state index contributed by atoms with van der Waals surface area (Å²) in [6.45, 7) is 0. The van der Waals surface area contributed by atoms with Crippen LogP contribution in [0.2, 0.25) is 0 Å². The molecule has 3 rings (SSSR count). The Labute approximate surface area is 110 Å². The summed E-state index contributed by atoms with van der Waals surface area (Å²) in [4.78, 5) is 19.5. The van der Waals surface area contributed by atoms with E-state index in [-0.39, 0.29) is 12.0 Å². The van der Waals surface area contributed by atoms with E-state index in [1.165, 1.54) is 6.33 Å². The van der Waals surface area contributed by atoms with E-state index in [2.05, 4.69) is 15.3 Å². The average Bonchev–Trinajstić information content (AvgIpc) is 2.36. The maximum atomic E-state index is 11.0. The van der Waals surface area contributed by atoms with E-state index in [0.29, 0.717) is 0 Å². The Balaban J connectivity index is 1.94. The van der Waals surface area contributed by atoms with Gasteiger partial charge in [-0.15, -0.1) is 0 Å². The van der Waals surface area contributed by atoms with Gasteiger partial charge in [0, 0.05) is 10.9 Å². The number of benzene rings is 1. The molecule has 98 valence electrons. The first kappa shape index (κ1) is 11.9. The summed E-state index contributed by atoms with van der Waals surface area (Å²) >= 11 is 0. The number of nitrogens with one attached hydrogen (secondary N) is 1. The summed E-state index contributed by atoms with van der Waals surface area (Å²) in [6, 6.07) is 7.73. The van der Waals surface area contributed by atoms with Crippen molar-refractivity contribution >= 4 is 22.7 Å². The highest BCUT2D eigenvalue weighted by molar-refractivity contribution is 5.89. The first-order chi connectivity index (χ1) is 9.19. The van der Waals surface area contributed by atoms with E-state index in [1.54, 1.807) is 0 Å². The van der Waals surface area contributed by atoms with Gasteiger partial charge >= 0.3 is 5.97 Å². The number of anilines is 1. The lowest BCUT2D eigenvalue weighted by molar-refractivity contribution is -0.138. The summed E-state index contributed by atoms with van der Waals surface area (Å²) < 4.78 is 0. The number of carbonyl (C=O) groups is 1. The van der Waals surface area contributed by atoms with E-state index in [4.69, 9.17) is 5.11 Å². The minimum Gasteiger partial charge on any atom is -0.481 e. The minimum atomic E-state index is -0.773. The number of para-hydroxylation sites is 1. The zero-order chi connectivity index (χ0) is 13.3. The fraction of sp³-hybridized carbons (Fsp3) is 0.357. The molecule has 5 heteroatoms. The van der Waals surface area contributed by atoms with Crippen LogP contribution in [0.5, 0.6) is 0 Å². The van der Waals surface area contributed by atoms with Crippen molar-refractivity contribution in [2.75, 3.05) is 5.32 Å². The van der Waals surface area contributed by atoms with Crippen LogP contribution in [-0.4, -0.2) is 26.6 Å². The third-order valence-corrected chi connectivity index (χ3v) is 3.73. The van der Waals surface area contributed by atoms with Gasteiger partial charge in [0.25, 0.3) is 0 Å². The van der Waals surface area contributed by atoms with Crippen molar-refractivity contribution in [3.63, 3.8) is 0 Å². The second-order valence-electron chi connectivity index (χ2n) is 5.07. The van der Waals surface area contributed by atoms with Gasteiger partial charge < -0.3 is 10.4 Å². The van der Waals surface area contributed by atoms with Crippen LogP contribution in [0.1, 0.15) is 25.7 Å². The van der Waals surface area contributed by atoms with Gasteiger partial charge in [-0.1, -0.05) is 12.1 Å². The van der Waals surface area contributed by atoms with Crippen LogP contribution in [0.4, 0.5) is 5.82 Å².